The Kier molecular flexibility index (Phi) is 4.21. The first-order valence-electron chi connectivity index (χ1n) is 8.48. The van der Waals surface area contributed by atoms with E-state index in [0.717, 1.165) is 17.3 Å². The molecule has 148 valence electrons. The lowest BCUT2D eigenvalue weighted by atomic mass is 9.71. The maximum atomic E-state index is 11.9. The second kappa shape index (κ2) is 5.66. The molecule has 3 rings (SSSR count). The van der Waals surface area contributed by atoms with Gasteiger partial charge in [0, 0.05) is 28.6 Å². The molecule has 0 fully saturated rings. The van der Waals surface area contributed by atoms with Crippen LogP contribution >= 0.6 is 0 Å². The summed E-state index contributed by atoms with van der Waals surface area (Å²) in [5, 5.41) is 0.592. The molecule has 2 N–H and O–H groups in total. The van der Waals surface area contributed by atoms with Crippen LogP contribution < -0.4 is 4.90 Å². The van der Waals surface area contributed by atoms with Gasteiger partial charge in [-0.1, -0.05) is 19.9 Å². The number of hydrogen-bond acceptors (Lipinski definition) is 5. The third kappa shape index (κ3) is 2.75. The second-order valence-electron chi connectivity index (χ2n) is 7.85. The van der Waals surface area contributed by atoms with Gasteiger partial charge in [0.15, 0.2) is 0 Å². The van der Waals surface area contributed by atoms with Crippen molar-refractivity contribution in [2.24, 2.45) is 0 Å². The molecule has 0 radical (unpaired) electrons. The Hall–Kier alpha value is -1.68. The Balaban J connectivity index is 2.58. The van der Waals surface area contributed by atoms with Gasteiger partial charge in [0.1, 0.15) is 4.90 Å². The van der Waals surface area contributed by atoms with E-state index in [2.05, 4.69) is 18.7 Å². The fourth-order valence-electron chi connectivity index (χ4n) is 4.12. The number of anilines is 1. The first-order chi connectivity index (χ1) is 12.1. The van der Waals surface area contributed by atoms with Crippen molar-refractivity contribution in [3.8, 4) is 0 Å². The smallest absolute Gasteiger partial charge is 0.295 e. The predicted molar refractivity (Wildman–Crippen MR) is 104 cm³/mol. The molecule has 0 atom stereocenters. The molecule has 27 heavy (non-hydrogen) atoms. The van der Waals surface area contributed by atoms with Crippen molar-refractivity contribution in [2.75, 3.05) is 11.4 Å². The quantitative estimate of drug-likeness (QED) is 0.743. The van der Waals surface area contributed by atoms with Crippen LogP contribution in [0.15, 0.2) is 34.1 Å². The molecule has 9 heteroatoms. The summed E-state index contributed by atoms with van der Waals surface area (Å²) in [5.74, 6) is 0. The molecule has 1 aliphatic rings. The molecule has 0 bridgehead atoms. The molecule has 7 nitrogen and oxygen atoms in total. The van der Waals surface area contributed by atoms with Crippen molar-refractivity contribution in [3.05, 3.63) is 29.8 Å². The molecule has 0 amide bonds. The SMILES string of the molecule is CCN1c2ccc3c(S(=O)(=O)O)cc(S(=O)(=O)O)cc3c2C(C)(C)C1(C)C. The van der Waals surface area contributed by atoms with Crippen LogP contribution in [0.1, 0.15) is 40.2 Å². The van der Waals surface area contributed by atoms with Crippen molar-refractivity contribution in [3.63, 3.8) is 0 Å². The summed E-state index contributed by atoms with van der Waals surface area (Å²) in [4.78, 5) is 1.06. The Morgan fingerprint density at radius 1 is 0.926 bits per heavy atom. The first-order valence-corrected chi connectivity index (χ1v) is 11.4. The molecular weight excluding hydrogens is 390 g/mol. The van der Waals surface area contributed by atoms with Gasteiger partial charge >= 0.3 is 0 Å². The molecular formula is C18H23NO6S2. The Bertz CT molecular complexity index is 1160. The van der Waals surface area contributed by atoms with E-state index in [1.165, 1.54) is 6.07 Å². The van der Waals surface area contributed by atoms with Crippen molar-refractivity contribution >= 4 is 36.7 Å². The molecule has 0 saturated carbocycles. The highest BCUT2D eigenvalue weighted by molar-refractivity contribution is 7.86. The van der Waals surface area contributed by atoms with E-state index in [1.807, 2.05) is 20.8 Å². The maximum absolute atomic E-state index is 11.9. The number of likely N-dealkylation sites (N-methyl/N-ethyl adjacent to an activating group) is 1. The van der Waals surface area contributed by atoms with Gasteiger partial charge in [0.05, 0.1) is 4.90 Å². The summed E-state index contributed by atoms with van der Waals surface area (Å²) in [6.07, 6.45) is 0. The van der Waals surface area contributed by atoms with E-state index in [4.69, 9.17) is 0 Å². The van der Waals surface area contributed by atoms with Crippen LogP contribution in [0.5, 0.6) is 0 Å². The zero-order chi connectivity index (χ0) is 20.6. The van der Waals surface area contributed by atoms with Crippen LogP contribution in [-0.2, 0) is 25.7 Å². The van der Waals surface area contributed by atoms with Crippen LogP contribution in [0.4, 0.5) is 5.69 Å². The lowest BCUT2D eigenvalue weighted by Crippen LogP contribution is -2.50. The van der Waals surface area contributed by atoms with Crippen molar-refractivity contribution in [1.29, 1.82) is 0 Å². The minimum atomic E-state index is -4.70. The van der Waals surface area contributed by atoms with Crippen LogP contribution in [0.2, 0.25) is 0 Å². The zero-order valence-corrected chi connectivity index (χ0v) is 17.4. The third-order valence-electron chi connectivity index (χ3n) is 6.06. The Morgan fingerprint density at radius 2 is 1.52 bits per heavy atom. The fourth-order valence-corrected chi connectivity index (χ4v) is 5.46. The lowest BCUT2D eigenvalue weighted by Gasteiger charge is -2.42. The zero-order valence-electron chi connectivity index (χ0n) is 15.8. The number of hydrogen-bond donors (Lipinski definition) is 2. The van der Waals surface area contributed by atoms with Crippen LogP contribution in [0.25, 0.3) is 10.8 Å². The highest BCUT2D eigenvalue weighted by atomic mass is 32.2. The van der Waals surface area contributed by atoms with E-state index in [0.29, 0.717) is 11.9 Å². The lowest BCUT2D eigenvalue weighted by molar-refractivity contribution is 0.315. The fraction of sp³-hybridized carbons (Fsp3) is 0.444. The number of benzene rings is 2. The van der Waals surface area contributed by atoms with Crippen LogP contribution in [0.3, 0.4) is 0 Å². The summed E-state index contributed by atoms with van der Waals surface area (Å²) in [6.45, 7) is 10.9. The predicted octanol–water partition coefficient (Wildman–Crippen LogP) is 3.23. The average Bonchev–Trinajstić information content (AvgIpc) is 2.66. The molecule has 0 spiro atoms. The van der Waals surface area contributed by atoms with Gasteiger partial charge in [-0.05, 0) is 49.9 Å². The van der Waals surface area contributed by atoms with Gasteiger partial charge in [0.25, 0.3) is 20.2 Å². The normalized spacial score (nSPS) is 18.7. The molecule has 0 saturated heterocycles. The summed E-state index contributed by atoms with van der Waals surface area (Å²) in [7, 11) is -9.37. The van der Waals surface area contributed by atoms with E-state index < -0.39 is 35.4 Å². The van der Waals surface area contributed by atoms with Gasteiger partial charge in [-0.2, -0.15) is 16.8 Å². The highest BCUT2D eigenvalue weighted by Gasteiger charge is 2.51. The van der Waals surface area contributed by atoms with E-state index in [-0.39, 0.29) is 10.9 Å². The van der Waals surface area contributed by atoms with Gasteiger partial charge in [-0.15, -0.1) is 0 Å². The monoisotopic (exact) mass is 413 g/mol. The maximum Gasteiger partial charge on any atom is 0.295 e. The van der Waals surface area contributed by atoms with Crippen LogP contribution in [0, 0.1) is 0 Å². The van der Waals surface area contributed by atoms with E-state index >= 15 is 0 Å². The molecule has 0 aromatic heterocycles. The highest BCUT2D eigenvalue weighted by Crippen LogP contribution is 2.54. The first kappa shape index (κ1) is 20.1. The van der Waals surface area contributed by atoms with Gasteiger partial charge in [-0.3, -0.25) is 9.11 Å². The molecule has 1 aliphatic heterocycles. The van der Waals surface area contributed by atoms with Crippen molar-refractivity contribution in [1.82, 2.24) is 0 Å². The van der Waals surface area contributed by atoms with Crippen molar-refractivity contribution < 1.29 is 25.9 Å². The van der Waals surface area contributed by atoms with E-state index in [9.17, 15) is 25.9 Å². The molecule has 1 heterocycles. The van der Waals surface area contributed by atoms with Gasteiger partial charge in [-0.25, -0.2) is 0 Å². The van der Waals surface area contributed by atoms with E-state index in [1.54, 1.807) is 12.1 Å². The molecule has 2 aromatic rings. The molecule has 0 aliphatic carbocycles. The molecule has 2 aromatic carbocycles. The number of fused-ring (bicyclic) bond motifs is 3. The number of rotatable bonds is 3. The summed E-state index contributed by atoms with van der Waals surface area (Å²) >= 11 is 0. The standard InChI is InChI=1S/C18H23NO6S2/c1-6-19-14-8-7-12-13(16(14)17(2,3)18(19,4)5)9-11(26(20,21)22)10-15(12)27(23,24)25/h7-10H,6H2,1-5H3,(H,20,21,22)(H,23,24,25). The summed E-state index contributed by atoms with van der Waals surface area (Å²) < 4.78 is 66.4. The van der Waals surface area contributed by atoms with Gasteiger partial charge < -0.3 is 4.90 Å². The molecule has 0 unspecified atom stereocenters. The average molecular weight is 414 g/mol. The topological polar surface area (TPSA) is 112 Å². The third-order valence-corrected chi connectivity index (χ3v) is 7.79. The Labute approximate surface area is 159 Å². The van der Waals surface area contributed by atoms with Gasteiger partial charge in [0.2, 0.25) is 0 Å². The summed E-state index contributed by atoms with van der Waals surface area (Å²) in [5.41, 5.74) is 0.854. The minimum Gasteiger partial charge on any atom is -0.366 e. The van der Waals surface area contributed by atoms with Crippen LogP contribution in [-0.4, -0.2) is 38.0 Å². The largest absolute Gasteiger partial charge is 0.366 e. The number of nitrogens with zero attached hydrogens (tertiary/aromatic N) is 1. The second-order valence-corrected chi connectivity index (χ2v) is 10.7. The summed E-state index contributed by atoms with van der Waals surface area (Å²) in [6, 6.07) is 5.41. The minimum absolute atomic E-state index is 0.213. The Morgan fingerprint density at radius 3 is 2.00 bits per heavy atom. The van der Waals surface area contributed by atoms with Crippen molar-refractivity contribution in [2.45, 2.75) is 55.4 Å².